The first-order valence-corrected chi connectivity index (χ1v) is 10.0. The monoisotopic (exact) mass is 445 g/mol. The van der Waals surface area contributed by atoms with E-state index in [4.69, 9.17) is 16.3 Å². The Balaban J connectivity index is 1.52. The normalized spacial score (nSPS) is 11.1. The summed E-state index contributed by atoms with van der Waals surface area (Å²) in [6.45, 7) is 0. The maximum atomic E-state index is 13.0. The molecular formula is C23H16ClN5O3. The maximum Gasteiger partial charge on any atom is 0.280 e. The fraction of sp³-hybridized carbons (Fsp3) is 0.0435. The van der Waals surface area contributed by atoms with Crippen LogP contribution < -0.4 is 15.7 Å². The zero-order chi connectivity index (χ0) is 22.2. The van der Waals surface area contributed by atoms with Gasteiger partial charge in [-0.05, 0) is 48.0 Å². The van der Waals surface area contributed by atoms with Crippen molar-refractivity contribution in [1.29, 1.82) is 0 Å². The molecule has 9 heteroatoms. The van der Waals surface area contributed by atoms with Crippen LogP contribution in [0.2, 0.25) is 5.02 Å². The largest absolute Gasteiger partial charge is 0.497 e. The van der Waals surface area contributed by atoms with Gasteiger partial charge in [0.05, 0.1) is 24.2 Å². The number of methoxy groups -OCH3 is 1. The molecule has 5 aromatic rings. The number of hydrogen-bond acceptors (Lipinski definition) is 5. The first kappa shape index (κ1) is 19.8. The first-order chi connectivity index (χ1) is 15.5. The molecule has 1 N–H and O–H groups in total. The Morgan fingerprint density at radius 3 is 2.50 bits per heavy atom. The average molecular weight is 446 g/mol. The first-order valence-electron chi connectivity index (χ1n) is 9.64. The van der Waals surface area contributed by atoms with Gasteiger partial charge in [0, 0.05) is 28.5 Å². The zero-order valence-electron chi connectivity index (χ0n) is 16.8. The van der Waals surface area contributed by atoms with Crippen LogP contribution in [-0.2, 0) is 0 Å². The van der Waals surface area contributed by atoms with E-state index < -0.39 is 11.5 Å². The number of hydrogen-bond donors (Lipinski definition) is 1. The second-order valence-corrected chi connectivity index (χ2v) is 7.45. The molecule has 3 heterocycles. The van der Waals surface area contributed by atoms with Crippen LogP contribution in [0.15, 0.2) is 78.0 Å². The smallest absolute Gasteiger partial charge is 0.280 e. The number of rotatable bonds is 4. The quantitative estimate of drug-likeness (QED) is 0.455. The van der Waals surface area contributed by atoms with Crippen molar-refractivity contribution in [2.75, 3.05) is 12.5 Å². The molecule has 0 atom stereocenters. The highest BCUT2D eigenvalue weighted by Gasteiger charge is 2.14. The molecule has 5 rings (SSSR count). The van der Waals surface area contributed by atoms with Gasteiger partial charge in [-0.3, -0.25) is 15.0 Å². The van der Waals surface area contributed by atoms with Crippen molar-refractivity contribution in [3.63, 3.8) is 0 Å². The van der Waals surface area contributed by atoms with E-state index >= 15 is 0 Å². The van der Waals surface area contributed by atoms with Gasteiger partial charge in [-0.25, -0.2) is 14.2 Å². The fourth-order valence-corrected chi connectivity index (χ4v) is 3.58. The Morgan fingerprint density at radius 2 is 1.78 bits per heavy atom. The molecular weight excluding hydrogens is 430 g/mol. The summed E-state index contributed by atoms with van der Waals surface area (Å²) >= 11 is 5.98. The zero-order valence-corrected chi connectivity index (χ0v) is 17.6. The van der Waals surface area contributed by atoms with Crippen molar-refractivity contribution in [3.8, 4) is 16.9 Å². The number of amides is 1. The summed E-state index contributed by atoms with van der Waals surface area (Å²) < 4.78 is 7.84. The van der Waals surface area contributed by atoms with Gasteiger partial charge in [-0.1, -0.05) is 23.7 Å². The van der Waals surface area contributed by atoms with Gasteiger partial charge in [0.15, 0.2) is 5.65 Å². The predicted molar refractivity (Wildman–Crippen MR) is 122 cm³/mol. The lowest BCUT2D eigenvalue weighted by Crippen LogP contribution is -2.32. The third-order valence-corrected chi connectivity index (χ3v) is 5.38. The van der Waals surface area contributed by atoms with Crippen molar-refractivity contribution < 1.29 is 9.53 Å². The van der Waals surface area contributed by atoms with E-state index in [2.05, 4.69) is 15.5 Å². The van der Waals surface area contributed by atoms with E-state index in [1.165, 1.54) is 12.4 Å². The van der Waals surface area contributed by atoms with Gasteiger partial charge in [-0.15, -0.1) is 0 Å². The minimum Gasteiger partial charge on any atom is -0.497 e. The van der Waals surface area contributed by atoms with Crippen LogP contribution in [0.3, 0.4) is 0 Å². The molecule has 32 heavy (non-hydrogen) atoms. The number of benzene rings is 2. The molecule has 0 saturated heterocycles. The van der Waals surface area contributed by atoms with E-state index in [1.54, 1.807) is 60.3 Å². The molecule has 0 saturated carbocycles. The van der Waals surface area contributed by atoms with E-state index in [9.17, 15) is 9.59 Å². The van der Waals surface area contributed by atoms with E-state index in [1.807, 2.05) is 12.1 Å². The van der Waals surface area contributed by atoms with Gasteiger partial charge in [0.25, 0.3) is 11.5 Å². The third kappa shape index (κ3) is 3.36. The van der Waals surface area contributed by atoms with Crippen molar-refractivity contribution in [1.82, 2.24) is 19.3 Å². The lowest BCUT2D eigenvalue weighted by molar-refractivity contribution is 0.101. The van der Waals surface area contributed by atoms with Crippen LogP contribution in [0.4, 0.5) is 0 Å². The average Bonchev–Trinajstić information content (AvgIpc) is 3.26. The lowest BCUT2D eigenvalue weighted by Gasteiger charge is -2.10. The van der Waals surface area contributed by atoms with Crippen LogP contribution in [0.25, 0.3) is 27.7 Å². The van der Waals surface area contributed by atoms with Gasteiger partial charge < -0.3 is 4.74 Å². The molecule has 8 nitrogen and oxygen atoms in total. The van der Waals surface area contributed by atoms with Crippen LogP contribution in [0.5, 0.6) is 5.75 Å². The van der Waals surface area contributed by atoms with Gasteiger partial charge in [0.2, 0.25) is 0 Å². The van der Waals surface area contributed by atoms with Crippen molar-refractivity contribution in [2.24, 2.45) is 0 Å². The van der Waals surface area contributed by atoms with Gasteiger partial charge >= 0.3 is 0 Å². The third-order valence-electron chi connectivity index (χ3n) is 5.12. The van der Waals surface area contributed by atoms with Crippen LogP contribution in [0.1, 0.15) is 10.4 Å². The van der Waals surface area contributed by atoms with Gasteiger partial charge in [0.1, 0.15) is 5.75 Å². The summed E-state index contributed by atoms with van der Waals surface area (Å²) in [7, 11) is 1.55. The maximum absolute atomic E-state index is 13.0. The van der Waals surface area contributed by atoms with Gasteiger partial charge in [-0.2, -0.15) is 5.10 Å². The van der Waals surface area contributed by atoms with Crippen molar-refractivity contribution in [2.45, 2.75) is 0 Å². The van der Waals surface area contributed by atoms with Crippen LogP contribution >= 0.6 is 11.6 Å². The predicted octanol–water partition coefficient (Wildman–Crippen LogP) is 3.76. The van der Waals surface area contributed by atoms with E-state index in [-0.39, 0.29) is 0 Å². The number of nitrogens with zero attached hydrogens (tertiary/aromatic N) is 4. The highest BCUT2D eigenvalue weighted by molar-refractivity contribution is 6.30. The summed E-state index contributed by atoms with van der Waals surface area (Å²) in [5.41, 5.74) is 5.50. The number of carbonyl (C=O) groups is 1. The fourth-order valence-electron chi connectivity index (χ4n) is 3.45. The number of pyridine rings is 1. The van der Waals surface area contributed by atoms with Crippen LogP contribution in [-0.4, -0.2) is 32.3 Å². The molecule has 0 aliphatic heterocycles. The minimum atomic E-state index is -0.424. The molecule has 0 unspecified atom stereocenters. The minimum absolute atomic E-state index is 0.320. The second kappa shape index (κ2) is 7.82. The summed E-state index contributed by atoms with van der Waals surface area (Å²) in [4.78, 5) is 30.0. The molecule has 2 aromatic carbocycles. The Kier molecular flexibility index (Phi) is 4.84. The highest BCUT2D eigenvalue weighted by atomic mass is 35.5. The number of carbonyl (C=O) groups excluding carboxylic acids is 1. The van der Waals surface area contributed by atoms with E-state index in [0.717, 1.165) is 15.8 Å². The van der Waals surface area contributed by atoms with Crippen molar-refractivity contribution >= 4 is 34.1 Å². The molecule has 0 aliphatic carbocycles. The van der Waals surface area contributed by atoms with Crippen molar-refractivity contribution in [3.05, 3.63) is 94.1 Å². The lowest BCUT2D eigenvalue weighted by atomic mass is 10.1. The Labute approximate surface area is 186 Å². The summed E-state index contributed by atoms with van der Waals surface area (Å²) in [6.07, 6.45) is 4.68. The Morgan fingerprint density at radius 1 is 1.03 bits per heavy atom. The summed E-state index contributed by atoms with van der Waals surface area (Å²) in [5.74, 6) is 0.212. The molecule has 3 aromatic heterocycles. The molecule has 0 fully saturated rings. The molecule has 0 bridgehead atoms. The standard InChI is InChI=1S/C23H16ClN5O3/c1-32-17-8-4-15(5-9-17)22(30)27-28-11-10-20-19(23(28)31)12-25-21-18(13-26-29(20)21)14-2-6-16(24)7-3-14/h2-13H,1H3,(H,27,30). The Bertz CT molecular complexity index is 1520. The number of aromatic nitrogens is 4. The number of fused-ring (bicyclic) bond motifs is 3. The summed E-state index contributed by atoms with van der Waals surface area (Å²) in [6, 6.07) is 15.7. The number of ether oxygens (including phenoxy) is 1. The molecule has 0 aliphatic rings. The SMILES string of the molecule is COc1ccc(C(=O)Nn2ccc3c(cnc4c(-c5ccc(Cl)cc5)cnn43)c2=O)cc1. The highest BCUT2D eigenvalue weighted by Crippen LogP contribution is 2.26. The Hall–Kier alpha value is -4.17. The molecule has 158 valence electrons. The van der Waals surface area contributed by atoms with Crippen LogP contribution in [0, 0.1) is 0 Å². The second-order valence-electron chi connectivity index (χ2n) is 7.02. The molecule has 0 radical (unpaired) electrons. The summed E-state index contributed by atoms with van der Waals surface area (Å²) in [5, 5.41) is 5.37. The number of halogens is 1. The van der Waals surface area contributed by atoms with E-state index in [0.29, 0.717) is 32.9 Å². The molecule has 0 spiro atoms. The topological polar surface area (TPSA) is 90.5 Å². The molecule has 1 amide bonds. The number of nitrogens with one attached hydrogen (secondary N) is 1.